The smallest absolute Gasteiger partial charge is 0.489 e. The first kappa shape index (κ1) is 21.0. The molecule has 1 aromatic heterocycles. The highest BCUT2D eigenvalue weighted by Crippen LogP contribution is 2.30. The van der Waals surface area contributed by atoms with Crippen molar-refractivity contribution in [2.75, 3.05) is 13.1 Å². The molecule has 1 unspecified atom stereocenters. The van der Waals surface area contributed by atoms with Crippen molar-refractivity contribution in [2.45, 2.75) is 32.4 Å². The average molecular weight is 434 g/mol. The Morgan fingerprint density at radius 1 is 1.23 bits per heavy atom. The fourth-order valence-electron chi connectivity index (χ4n) is 3.61. The molecule has 2 heterocycles. The molecule has 0 bridgehead atoms. The Morgan fingerprint density at radius 3 is 2.81 bits per heavy atom. The highest BCUT2D eigenvalue weighted by Gasteiger charge is 2.31. The van der Waals surface area contributed by atoms with Crippen LogP contribution in [-0.4, -0.2) is 31.4 Å². The van der Waals surface area contributed by atoms with Gasteiger partial charge in [0.2, 0.25) is 0 Å². The van der Waals surface area contributed by atoms with Crippen LogP contribution in [0.25, 0.3) is 11.0 Å². The summed E-state index contributed by atoms with van der Waals surface area (Å²) in [5.41, 5.74) is 1.52. The molecule has 1 aliphatic heterocycles. The van der Waals surface area contributed by atoms with Crippen LogP contribution in [0.2, 0.25) is 0 Å². The van der Waals surface area contributed by atoms with E-state index in [1.165, 1.54) is 18.2 Å². The minimum absolute atomic E-state index is 0.0344. The van der Waals surface area contributed by atoms with Crippen LogP contribution in [0.1, 0.15) is 28.1 Å². The van der Waals surface area contributed by atoms with Gasteiger partial charge >= 0.3 is 6.36 Å². The molecule has 3 aromatic rings. The van der Waals surface area contributed by atoms with Crippen LogP contribution in [0.3, 0.4) is 0 Å². The summed E-state index contributed by atoms with van der Waals surface area (Å²) in [4.78, 5) is 12.8. The van der Waals surface area contributed by atoms with Crippen molar-refractivity contribution in [1.82, 2.24) is 10.6 Å². The van der Waals surface area contributed by atoms with E-state index in [1.54, 1.807) is 31.2 Å². The van der Waals surface area contributed by atoms with E-state index in [2.05, 4.69) is 15.4 Å². The Kier molecular flexibility index (Phi) is 5.77. The highest BCUT2D eigenvalue weighted by molar-refractivity contribution is 6.07. The molecule has 2 aromatic carbocycles. The second kappa shape index (κ2) is 8.50. The normalized spacial score (nSPS) is 16.5. The Balaban J connectivity index is 1.50. The van der Waals surface area contributed by atoms with Crippen LogP contribution >= 0.6 is 0 Å². The van der Waals surface area contributed by atoms with Crippen LogP contribution < -0.4 is 20.1 Å². The summed E-state index contributed by atoms with van der Waals surface area (Å²) >= 11 is 0. The fraction of sp³-hybridized carbons (Fsp3) is 0.318. The number of benzene rings is 2. The zero-order chi connectivity index (χ0) is 22.0. The van der Waals surface area contributed by atoms with Gasteiger partial charge in [0.05, 0.1) is 5.56 Å². The molecule has 4 rings (SSSR count). The lowest BCUT2D eigenvalue weighted by Crippen LogP contribution is -2.36. The summed E-state index contributed by atoms with van der Waals surface area (Å²) < 4.78 is 52.6. The number of alkyl halides is 3. The average Bonchev–Trinajstić information content (AvgIpc) is 3.31. The van der Waals surface area contributed by atoms with Crippen molar-refractivity contribution in [3.8, 4) is 11.5 Å². The van der Waals surface area contributed by atoms with Gasteiger partial charge in [0.1, 0.15) is 29.4 Å². The largest absolute Gasteiger partial charge is 0.573 e. The third kappa shape index (κ3) is 5.11. The number of amides is 1. The van der Waals surface area contributed by atoms with Crippen LogP contribution in [-0.2, 0) is 6.61 Å². The van der Waals surface area contributed by atoms with Gasteiger partial charge in [-0.05, 0) is 55.8 Å². The number of hydrogen-bond acceptors (Lipinski definition) is 5. The van der Waals surface area contributed by atoms with Crippen molar-refractivity contribution in [3.05, 3.63) is 59.4 Å². The van der Waals surface area contributed by atoms with Gasteiger partial charge in [0, 0.05) is 18.0 Å². The SMILES string of the molecule is Cc1oc2ccc(OCc3cccc(OC(F)(F)F)c3)cc2c1C(=O)NC1CCNC1. The van der Waals surface area contributed by atoms with Crippen molar-refractivity contribution in [1.29, 1.82) is 0 Å². The summed E-state index contributed by atoms with van der Waals surface area (Å²) in [5, 5.41) is 6.83. The molecule has 164 valence electrons. The number of carbonyl (C=O) groups excluding carboxylic acids is 1. The van der Waals surface area contributed by atoms with Crippen molar-refractivity contribution >= 4 is 16.9 Å². The highest BCUT2D eigenvalue weighted by atomic mass is 19.4. The lowest BCUT2D eigenvalue weighted by molar-refractivity contribution is -0.274. The summed E-state index contributed by atoms with van der Waals surface area (Å²) in [5.74, 6) is 0.452. The third-order valence-electron chi connectivity index (χ3n) is 5.00. The Hall–Kier alpha value is -3.20. The van der Waals surface area contributed by atoms with E-state index in [1.807, 2.05) is 0 Å². The van der Waals surface area contributed by atoms with Gasteiger partial charge in [-0.3, -0.25) is 4.79 Å². The second-order valence-corrected chi connectivity index (χ2v) is 7.34. The van der Waals surface area contributed by atoms with Gasteiger partial charge in [-0.1, -0.05) is 12.1 Å². The summed E-state index contributed by atoms with van der Waals surface area (Å²) in [6, 6.07) is 10.7. The monoisotopic (exact) mass is 434 g/mol. The lowest BCUT2D eigenvalue weighted by Gasteiger charge is -2.12. The number of nitrogens with one attached hydrogen (secondary N) is 2. The predicted octanol–water partition coefficient (Wildman–Crippen LogP) is 4.31. The van der Waals surface area contributed by atoms with E-state index in [0.717, 1.165) is 19.5 Å². The number of fused-ring (bicyclic) bond motifs is 1. The predicted molar refractivity (Wildman–Crippen MR) is 107 cm³/mol. The van der Waals surface area contributed by atoms with Crippen molar-refractivity contribution in [2.24, 2.45) is 0 Å². The van der Waals surface area contributed by atoms with E-state index < -0.39 is 6.36 Å². The molecule has 0 spiro atoms. The first-order valence-electron chi connectivity index (χ1n) is 9.81. The molecule has 9 heteroatoms. The molecule has 1 amide bonds. The molecule has 1 saturated heterocycles. The van der Waals surface area contributed by atoms with E-state index in [9.17, 15) is 18.0 Å². The summed E-state index contributed by atoms with van der Waals surface area (Å²) in [6.45, 7) is 3.36. The van der Waals surface area contributed by atoms with Crippen LogP contribution in [0.5, 0.6) is 11.5 Å². The van der Waals surface area contributed by atoms with Gasteiger partial charge in [0.15, 0.2) is 0 Å². The van der Waals surface area contributed by atoms with Crippen molar-refractivity contribution < 1.29 is 31.9 Å². The summed E-state index contributed by atoms with van der Waals surface area (Å²) in [7, 11) is 0. The standard InChI is InChI=1S/C22H21F3N2O4/c1-13-20(21(28)27-15-7-8-26-11-15)18-10-16(5-6-19(18)30-13)29-12-14-3-2-4-17(9-14)31-22(23,24)25/h2-6,9-10,15,26H,7-8,11-12H2,1H3,(H,27,28). The minimum Gasteiger partial charge on any atom is -0.489 e. The fourth-order valence-corrected chi connectivity index (χ4v) is 3.61. The molecule has 0 aliphatic carbocycles. The quantitative estimate of drug-likeness (QED) is 0.605. The first-order valence-corrected chi connectivity index (χ1v) is 9.81. The zero-order valence-corrected chi connectivity index (χ0v) is 16.7. The molecule has 0 radical (unpaired) electrons. The Labute approximate surface area is 176 Å². The summed E-state index contributed by atoms with van der Waals surface area (Å²) in [6.07, 6.45) is -3.89. The molecule has 1 aliphatic rings. The van der Waals surface area contributed by atoms with Gasteiger partial charge in [0.25, 0.3) is 5.91 Å². The third-order valence-corrected chi connectivity index (χ3v) is 5.00. The maximum Gasteiger partial charge on any atom is 0.573 e. The number of carbonyl (C=O) groups is 1. The molecule has 2 N–H and O–H groups in total. The topological polar surface area (TPSA) is 72.7 Å². The maximum atomic E-state index is 12.8. The number of ether oxygens (including phenoxy) is 2. The second-order valence-electron chi connectivity index (χ2n) is 7.34. The van der Waals surface area contributed by atoms with E-state index in [-0.39, 0.29) is 24.3 Å². The number of rotatable bonds is 6. The Morgan fingerprint density at radius 2 is 2.06 bits per heavy atom. The van der Waals surface area contributed by atoms with Gasteiger partial charge in [-0.2, -0.15) is 0 Å². The van der Waals surface area contributed by atoms with Crippen LogP contribution in [0, 0.1) is 6.92 Å². The van der Waals surface area contributed by atoms with Crippen LogP contribution in [0.4, 0.5) is 13.2 Å². The van der Waals surface area contributed by atoms with E-state index in [4.69, 9.17) is 9.15 Å². The zero-order valence-electron chi connectivity index (χ0n) is 16.7. The molecule has 6 nitrogen and oxygen atoms in total. The minimum atomic E-state index is -4.75. The van der Waals surface area contributed by atoms with Crippen LogP contribution in [0.15, 0.2) is 46.9 Å². The molecule has 31 heavy (non-hydrogen) atoms. The number of aryl methyl sites for hydroxylation is 1. The van der Waals surface area contributed by atoms with E-state index in [0.29, 0.717) is 33.6 Å². The lowest BCUT2D eigenvalue weighted by atomic mass is 10.1. The Bertz CT molecular complexity index is 1090. The molecule has 0 saturated carbocycles. The molecule has 1 atom stereocenters. The maximum absolute atomic E-state index is 12.8. The van der Waals surface area contributed by atoms with Gasteiger partial charge in [-0.25, -0.2) is 0 Å². The molecular weight excluding hydrogens is 413 g/mol. The molecule has 1 fully saturated rings. The number of hydrogen-bond donors (Lipinski definition) is 2. The first-order chi connectivity index (χ1) is 14.8. The van der Waals surface area contributed by atoms with Crippen molar-refractivity contribution in [3.63, 3.8) is 0 Å². The number of furan rings is 1. The van der Waals surface area contributed by atoms with E-state index >= 15 is 0 Å². The van der Waals surface area contributed by atoms with Gasteiger partial charge < -0.3 is 24.5 Å². The molecular formula is C22H21F3N2O4. The number of halogens is 3. The van der Waals surface area contributed by atoms with Gasteiger partial charge in [-0.15, -0.1) is 13.2 Å².